The second kappa shape index (κ2) is 10.7. The maximum atomic E-state index is 5.39. The van der Waals surface area contributed by atoms with Crippen molar-refractivity contribution in [1.82, 2.24) is 10.6 Å². The molecular formula is C16H27N3O3. The molecule has 1 aromatic rings. The third-order valence-electron chi connectivity index (χ3n) is 3.06. The minimum Gasteiger partial charge on any atom is -0.497 e. The van der Waals surface area contributed by atoms with E-state index in [0.29, 0.717) is 6.54 Å². The van der Waals surface area contributed by atoms with Crippen LogP contribution in [0.2, 0.25) is 0 Å². The van der Waals surface area contributed by atoms with Crippen molar-refractivity contribution in [2.75, 3.05) is 41.0 Å². The van der Waals surface area contributed by atoms with Crippen LogP contribution in [0.4, 0.5) is 0 Å². The number of ether oxygens (including phenoxy) is 3. The molecule has 6 nitrogen and oxygen atoms in total. The second-order valence-corrected chi connectivity index (χ2v) is 4.65. The Morgan fingerprint density at radius 2 is 1.95 bits per heavy atom. The third-order valence-corrected chi connectivity index (χ3v) is 3.06. The fourth-order valence-corrected chi connectivity index (χ4v) is 1.91. The summed E-state index contributed by atoms with van der Waals surface area (Å²) >= 11 is 0. The van der Waals surface area contributed by atoms with Crippen molar-refractivity contribution in [2.45, 2.75) is 19.9 Å². The Morgan fingerprint density at radius 3 is 2.59 bits per heavy atom. The average Bonchev–Trinajstić information content (AvgIpc) is 2.56. The van der Waals surface area contributed by atoms with Gasteiger partial charge in [-0.25, -0.2) is 4.99 Å². The SMILES string of the molecule is CCNC(=NCc1ccc(OC)cc1OC)NCCCOC. The first-order chi connectivity index (χ1) is 10.7. The molecule has 0 saturated heterocycles. The van der Waals surface area contributed by atoms with Crippen LogP contribution in [0.3, 0.4) is 0 Å². The van der Waals surface area contributed by atoms with E-state index in [9.17, 15) is 0 Å². The van der Waals surface area contributed by atoms with E-state index < -0.39 is 0 Å². The van der Waals surface area contributed by atoms with E-state index in [2.05, 4.69) is 15.6 Å². The van der Waals surface area contributed by atoms with Crippen molar-refractivity contribution in [2.24, 2.45) is 4.99 Å². The van der Waals surface area contributed by atoms with Crippen molar-refractivity contribution >= 4 is 5.96 Å². The number of benzene rings is 1. The number of hydrogen-bond acceptors (Lipinski definition) is 4. The summed E-state index contributed by atoms with van der Waals surface area (Å²) in [5.74, 6) is 2.34. The summed E-state index contributed by atoms with van der Waals surface area (Å²) in [6, 6.07) is 5.74. The number of methoxy groups -OCH3 is 3. The van der Waals surface area contributed by atoms with Gasteiger partial charge in [0.2, 0.25) is 0 Å². The minimum atomic E-state index is 0.535. The zero-order valence-electron chi connectivity index (χ0n) is 13.9. The summed E-state index contributed by atoms with van der Waals surface area (Å²) in [4.78, 5) is 4.58. The van der Waals surface area contributed by atoms with Crippen molar-refractivity contribution in [3.05, 3.63) is 23.8 Å². The summed E-state index contributed by atoms with van der Waals surface area (Å²) in [5, 5.41) is 6.50. The number of aliphatic imine (C=N–C) groups is 1. The molecule has 1 rings (SSSR count). The molecule has 0 saturated carbocycles. The summed E-state index contributed by atoms with van der Waals surface area (Å²) in [5.41, 5.74) is 1.01. The Balaban J connectivity index is 2.68. The van der Waals surface area contributed by atoms with Crippen LogP contribution in [0, 0.1) is 0 Å². The van der Waals surface area contributed by atoms with E-state index in [1.54, 1.807) is 21.3 Å². The Kier molecular flexibility index (Phi) is 8.83. The topological polar surface area (TPSA) is 64.1 Å². The largest absolute Gasteiger partial charge is 0.497 e. The lowest BCUT2D eigenvalue weighted by atomic mass is 10.2. The lowest BCUT2D eigenvalue weighted by molar-refractivity contribution is 0.195. The minimum absolute atomic E-state index is 0.535. The van der Waals surface area contributed by atoms with Crippen LogP contribution in [0.1, 0.15) is 18.9 Å². The molecule has 22 heavy (non-hydrogen) atoms. The summed E-state index contributed by atoms with van der Waals surface area (Å²) < 4.78 is 15.6. The standard InChI is InChI=1S/C16H27N3O3/c1-5-17-16(18-9-6-10-20-2)19-12-13-7-8-14(21-3)11-15(13)22-4/h7-8,11H,5-6,9-10,12H2,1-4H3,(H2,17,18,19). The monoisotopic (exact) mass is 309 g/mol. The molecule has 2 N–H and O–H groups in total. The Labute approximate surface area is 132 Å². The zero-order chi connectivity index (χ0) is 16.2. The van der Waals surface area contributed by atoms with E-state index in [1.807, 2.05) is 25.1 Å². The first kappa shape index (κ1) is 18.1. The molecule has 124 valence electrons. The van der Waals surface area contributed by atoms with Gasteiger partial charge in [0.15, 0.2) is 5.96 Å². The first-order valence-corrected chi connectivity index (χ1v) is 7.47. The number of hydrogen-bond donors (Lipinski definition) is 2. The maximum Gasteiger partial charge on any atom is 0.191 e. The predicted molar refractivity (Wildman–Crippen MR) is 88.9 cm³/mol. The highest BCUT2D eigenvalue weighted by atomic mass is 16.5. The molecule has 6 heteroatoms. The van der Waals surface area contributed by atoms with Crippen LogP contribution in [-0.2, 0) is 11.3 Å². The van der Waals surface area contributed by atoms with Gasteiger partial charge in [-0.3, -0.25) is 0 Å². The van der Waals surface area contributed by atoms with E-state index in [1.165, 1.54) is 0 Å². The number of nitrogens with one attached hydrogen (secondary N) is 2. The molecule has 0 heterocycles. The number of nitrogens with zero attached hydrogens (tertiary/aromatic N) is 1. The van der Waals surface area contributed by atoms with Crippen LogP contribution in [0.25, 0.3) is 0 Å². The summed E-state index contributed by atoms with van der Waals surface area (Å²) in [6.45, 7) is 4.95. The Morgan fingerprint density at radius 1 is 1.14 bits per heavy atom. The first-order valence-electron chi connectivity index (χ1n) is 7.47. The van der Waals surface area contributed by atoms with Gasteiger partial charge in [0.05, 0.1) is 20.8 Å². The molecule has 0 aliphatic rings. The lowest BCUT2D eigenvalue weighted by Crippen LogP contribution is -2.38. The van der Waals surface area contributed by atoms with Crippen molar-refractivity contribution in [3.63, 3.8) is 0 Å². The van der Waals surface area contributed by atoms with E-state index >= 15 is 0 Å². The molecule has 0 amide bonds. The highest BCUT2D eigenvalue weighted by Gasteiger charge is 2.05. The Hall–Kier alpha value is -1.95. The second-order valence-electron chi connectivity index (χ2n) is 4.65. The van der Waals surface area contributed by atoms with Gasteiger partial charge in [-0.05, 0) is 25.5 Å². The predicted octanol–water partition coefficient (Wildman–Crippen LogP) is 1.80. The molecular weight excluding hydrogens is 282 g/mol. The molecule has 0 aliphatic heterocycles. The van der Waals surface area contributed by atoms with E-state index in [0.717, 1.165) is 49.1 Å². The summed E-state index contributed by atoms with van der Waals surface area (Å²) in [7, 11) is 4.99. The van der Waals surface area contributed by atoms with Crippen molar-refractivity contribution in [1.29, 1.82) is 0 Å². The van der Waals surface area contributed by atoms with Gasteiger partial charge in [-0.2, -0.15) is 0 Å². The molecule has 1 aromatic carbocycles. The van der Waals surface area contributed by atoms with Gasteiger partial charge in [-0.15, -0.1) is 0 Å². The van der Waals surface area contributed by atoms with Gasteiger partial charge in [0, 0.05) is 38.4 Å². The number of rotatable bonds is 9. The van der Waals surface area contributed by atoms with Crippen molar-refractivity contribution in [3.8, 4) is 11.5 Å². The van der Waals surface area contributed by atoms with Gasteiger partial charge >= 0.3 is 0 Å². The molecule has 0 spiro atoms. The zero-order valence-corrected chi connectivity index (χ0v) is 13.9. The van der Waals surface area contributed by atoms with Crippen LogP contribution in [-0.4, -0.2) is 47.0 Å². The maximum absolute atomic E-state index is 5.39. The van der Waals surface area contributed by atoms with E-state index in [4.69, 9.17) is 14.2 Å². The van der Waals surface area contributed by atoms with Gasteiger partial charge in [-0.1, -0.05) is 0 Å². The summed E-state index contributed by atoms with van der Waals surface area (Å²) in [6.07, 6.45) is 0.937. The molecule has 0 bridgehead atoms. The van der Waals surface area contributed by atoms with Gasteiger partial charge in [0.25, 0.3) is 0 Å². The van der Waals surface area contributed by atoms with Crippen molar-refractivity contribution < 1.29 is 14.2 Å². The molecule has 0 aromatic heterocycles. The molecule has 0 atom stereocenters. The Bertz CT molecular complexity index is 464. The number of guanidine groups is 1. The smallest absolute Gasteiger partial charge is 0.191 e. The van der Waals surface area contributed by atoms with Crippen LogP contribution < -0.4 is 20.1 Å². The fraction of sp³-hybridized carbons (Fsp3) is 0.562. The fourth-order valence-electron chi connectivity index (χ4n) is 1.91. The lowest BCUT2D eigenvalue weighted by Gasteiger charge is -2.12. The molecule has 0 fully saturated rings. The highest BCUT2D eigenvalue weighted by molar-refractivity contribution is 5.79. The van der Waals surface area contributed by atoms with Gasteiger partial charge in [0.1, 0.15) is 11.5 Å². The van der Waals surface area contributed by atoms with Crippen LogP contribution in [0.5, 0.6) is 11.5 Å². The van der Waals surface area contributed by atoms with Crippen LogP contribution in [0.15, 0.2) is 23.2 Å². The van der Waals surface area contributed by atoms with E-state index in [-0.39, 0.29) is 0 Å². The highest BCUT2D eigenvalue weighted by Crippen LogP contribution is 2.25. The third kappa shape index (κ3) is 6.22. The molecule has 0 radical (unpaired) electrons. The normalized spacial score (nSPS) is 11.2. The van der Waals surface area contributed by atoms with Crippen LogP contribution >= 0.6 is 0 Å². The quantitative estimate of drug-likeness (QED) is 0.414. The molecule has 0 unspecified atom stereocenters. The average molecular weight is 309 g/mol. The van der Waals surface area contributed by atoms with Gasteiger partial charge < -0.3 is 24.8 Å². The molecule has 0 aliphatic carbocycles.